The van der Waals surface area contributed by atoms with Crippen molar-refractivity contribution in [3.05, 3.63) is 64.8 Å². The second kappa shape index (κ2) is 7.71. The summed E-state index contributed by atoms with van der Waals surface area (Å²) in [4.78, 5) is 22.6. The van der Waals surface area contributed by atoms with Crippen LogP contribution in [-0.4, -0.2) is 27.4 Å². The molecule has 0 aliphatic carbocycles. The van der Waals surface area contributed by atoms with Crippen LogP contribution < -0.4 is 10.1 Å². The summed E-state index contributed by atoms with van der Waals surface area (Å²) < 4.78 is 8.15. The Bertz CT molecular complexity index is 1390. The molecule has 5 aromatic rings. The fourth-order valence-corrected chi connectivity index (χ4v) is 5.13. The summed E-state index contributed by atoms with van der Waals surface area (Å²) in [7, 11) is 1.63. The number of anilines is 1. The number of rotatable bonds is 5. The Morgan fingerprint density at radius 3 is 2.97 bits per heavy atom. The van der Waals surface area contributed by atoms with E-state index in [1.807, 2.05) is 58.4 Å². The van der Waals surface area contributed by atoms with E-state index < -0.39 is 0 Å². The fourth-order valence-electron chi connectivity index (χ4n) is 3.16. The number of hydrogen-bond donors (Lipinski definition) is 1. The molecule has 1 amide bonds. The molecule has 9 heteroatoms. The summed E-state index contributed by atoms with van der Waals surface area (Å²) in [5.41, 5.74) is 3.47. The third-order valence-electron chi connectivity index (χ3n) is 4.59. The van der Waals surface area contributed by atoms with E-state index in [4.69, 9.17) is 16.3 Å². The Labute approximate surface area is 184 Å². The SMILES string of the molecule is COc1ccc2nc(NC(=O)Cc3csc4nc(-c5cccc(Cl)c5)cn34)sc2c1. The molecule has 0 aliphatic rings. The molecule has 5 rings (SSSR count). The molecule has 0 aliphatic heterocycles. The van der Waals surface area contributed by atoms with Crippen LogP contribution in [0.1, 0.15) is 5.69 Å². The quantitative estimate of drug-likeness (QED) is 0.380. The van der Waals surface area contributed by atoms with Gasteiger partial charge in [-0.15, -0.1) is 11.3 Å². The molecule has 3 aromatic heterocycles. The van der Waals surface area contributed by atoms with Crippen LogP contribution in [0.15, 0.2) is 54.0 Å². The van der Waals surface area contributed by atoms with E-state index in [0.29, 0.717) is 10.2 Å². The van der Waals surface area contributed by atoms with E-state index in [2.05, 4.69) is 15.3 Å². The second-order valence-corrected chi connectivity index (χ2v) is 8.90. The van der Waals surface area contributed by atoms with Gasteiger partial charge in [-0.25, -0.2) is 9.97 Å². The van der Waals surface area contributed by atoms with Gasteiger partial charge in [-0.3, -0.25) is 9.20 Å². The number of ether oxygens (including phenoxy) is 1. The van der Waals surface area contributed by atoms with Gasteiger partial charge in [0, 0.05) is 27.9 Å². The highest BCUT2D eigenvalue weighted by Gasteiger charge is 2.14. The van der Waals surface area contributed by atoms with Crippen molar-refractivity contribution in [1.82, 2.24) is 14.4 Å². The largest absolute Gasteiger partial charge is 0.497 e. The van der Waals surface area contributed by atoms with E-state index >= 15 is 0 Å². The molecule has 0 radical (unpaired) electrons. The molecule has 0 fully saturated rings. The van der Waals surface area contributed by atoms with Crippen LogP contribution in [0.3, 0.4) is 0 Å². The summed E-state index contributed by atoms with van der Waals surface area (Å²) in [5.74, 6) is 0.638. The normalized spacial score (nSPS) is 11.3. The zero-order valence-electron chi connectivity index (χ0n) is 15.8. The topological polar surface area (TPSA) is 68.5 Å². The maximum absolute atomic E-state index is 12.6. The highest BCUT2D eigenvalue weighted by Crippen LogP contribution is 2.30. The lowest BCUT2D eigenvalue weighted by Gasteiger charge is -2.01. The van der Waals surface area contributed by atoms with Gasteiger partial charge in [-0.1, -0.05) is 35.1 Å². The number of halogens is 1. The summed E-state index contributed by atoms with van der Waals surface area (Å²) >= 11 is 9.02. The number of amides is 1. The molecule has 0 unspecified atom stereocenters. The first-order valence-electron chi connectivity index (χ1n) is 9.05. The van der Waals surface area contributed by atoms with Gasteiger partial charge in [0.2, 0.25) is 5.91 Å². The van der Waals surface area contributed by atoms with Crippen LogP contribution in [0.2, 0.25) is 5.02 Å². The van der Waals surface area contributed by atoms with Crippen LogP contribution in [0, 0.1) is 0 Å². The Kier molecular flexibility index (Phi) is 4.90. The maximum Gasteiger partial charge on any atom is 0.232 e. The fraction of sp³-hybridized carbons (Fsp3) is 0.0952. The van der Waals surface area contributed by atoms with Gasteiger partial charge in [0.1, 0.15) is 5.75 Å². The first kappa shape index (κ1) is 19.0. The number of carbonyl (C=O) groups excluding carboxylic acids is 1. The van der Waals surface area contributed by atoms with Gasteiger partial charge in [-0.2, -0.15) is 0 Å². The molecular formula is C21H15ClN4O2S2. The van der Waals surface area contributed by atoms with Crippen molar-refractivity contribution in [2.75, 3.05) is 12.4 Å². The Morgan fingerprint density at radius 1 is 1.23 bits per heavy atom. The Morgan fingerprint density at radius 2 is 2.13 bits per heavy atom. The van der Waals surface area contributed by atoms with Crippen LogP contribution in [-0.2, 0) is 11.2 Å². The van der Waals surface area contributed by atoms with Crippen molar-refractivity contribution in [1.29, 1.82) is 0 Å². The van der Waals surface area contributed by atoms with Crippen molar-refractivity contribution in [3.8, 4) is 17.0 Å². The first-order valence-corrected chi connectivity index (χ1v) is 11.1. The molecule has 0 atom stereocenters. The van der Waals surface area contributed by atoms with Gasteiger partial charge in [-0.05, 0) is 30.3 Å². The number of imidazole rings is 1. The smallest absolute Gasteiger partial charge is 0.232 e. The van der Waals surface area contributed by atoms with Crippen LogP contribution in [0.4, 0.5) is 5.13 Å². The molecule has 3 heterocycles. The molecular weight excluding hydrogens is 440 g/mol. The van der Waals surface area contributed by atoms with Crippen molar-refractivity contribution < 1.29 is 9.53 Å². The molecule has 0 saturated carbocycles. The molecule has 0 bridgehead atoms. The minimum atomic E-state index is -0.126. The molecule has 6 nitrogen and oxygen atoms in total. The zero-order valence-corrected chi connectivity index (χ0v) is 18.1. The summed E-state index contributed by atoms with van der Waals surface area (Å²) in [6, 6.07) is 13.2. The Balaban J connectivity index is 1.35. The summed E-state index contributed by atoms with van der Waals surface area (Å²) in [6.45, 7) is 0. The number of thiazole rings is 2. The highest BCUT2D eigenvalue weighted by molar-refractivity contribution is 7.22. The number of nitrogens with one attached hydrogen (secondary N) is 1. The van der Waals surface area contributed by atoms with Gasteiger partial charge in [0.05, 0.1) is 29.4 Å². The average Bonchev–Trinajstić information content (AvgIpc) is 3.42. The average molecular weight is 455 g/mol. The van der Waals surface area contributed by atoms with E-state index in [1.54, 1.807) is 7.11 Å². The molecule has 150 valence electrons. The van der Waals surface area contributed by atoms with Crippen molar-refractivity contribution in [2.45, 2.75) is 6.42 Å². The second-order valence-electron chi connectivity index (χ2n) is 6.59. The third kappa shape index (κ3) is 3.65. The third-order valence-corrected chi connectivity index (χ3v) is 6.64. The predicted molar refractivity (Wildman–Crippen MR) is 122 cm³/mol. The molecule has 0 spiro atoms. The highest BCUT2D eigenvalue weighted by atomic mass is 35.5. The zero-order chi connectivity index (χ0) is 20.7. The van der Waals surface area contributed by atoms with Crippen LogP contribution >= 0.6 is 34.3 Å². The molecule has 0 saturated heterocycles. The number of fused-ring (bicyclic) bond motifs is 2. The van der Waals surface area contributed by atoms with Gasteiger partial charge >= 0.3 is 0 Å². The van der Waals surface area contributed by atoms with E-state index in [1.165, 1.54) is 22.7 Å². The van der Waals surface area contributed by atoms with Crippen molar-refractivity contribution in [3.63, 3.8) is 0 Å². The lowest BCUT2D eigenvalue weighted by atomic mass is 10.2. The van der Waals surface area contributed by atoms with Crippen LogP contribution in [0.5, 0.6) is 5.75 Å². The summed E-state index contributed by atoms with van der Waals surface area (Å²) in [6.07, 6.45) is 2.16. The number of carbonyl (C=O) groups is 1. The van der Waals surface area contributed by atoms with Gasteiger partial charge < -0.3 is 10.1 Å². The van der Waals surface area contributed by atoms with Crippen molar-refractivity contribution >= 4 is 60.5 Å². The van der Waals surface area contributed by atoms with E-state index in [0.717, 1.165) is 37.9 Å². The Hall–Kier alpha value is -2.94. The van der Waals surface area contributed by atoms with Gasteiger partial charge in [0.25, 0.3) is 0 Å². The predicted octanol–water partition coefficient (Wildman–Crippen LogP) is 5.52. The van der Waals surface area contributed by atoms with Gasteiger partial charge in [0.15, 0.2) is 10.1 Å². The number of hydrogen-bond acceptors (Lipinski definition) is 6. The number of aromatic nitrogens is 3. The first-order chi connectivity index (χ1) is 14.6. The molecule has 30 heavy (non-hydrogen) atoms. The standard InChI is InChI=1S/C21H15ClN4O2S2/c1-28-15-5-6-16-18(9-15)30-20(23-16)25-19(27)8-14-11-29-21-24-17(10-26(14)21)12-3-2-4-13(22)7-12/h2-7,9-11H,8H2,1H3,(H,23,25,27). The number of methoxy groups -OCH3 is 1. The molecule has 1 N–H and O–H groups in total. The van der Waals surface area contributed by atoms with Crippen LogP contribution in [0.25, 0.3) is 26.4 Å². The molecule has 2 aromatic carbocycles. The minimum Gasteiger partial charge on any atom is -0.497 e. The lowest BCUT2D eigenvalue weighted by Crippen LogP contribution is -2.15. The lowest BCUT2D eigenvalue weighted by molar-refractivity contribution is -0.115. The van der Waals surface area contributed by atoms with Crippen molar-refractivity contribution in [2.24, 2.45) is 0 Å². The van der Waals surface area contributed by atoms with E-state index in [9.17, 15) is 4.79 Å². The van der Waals surface area contributed by atoms with E-state index in [-0.39, 0.29) is 12.3 Å². The summed E-state index contributed by atoms with van der Waals surface area (Å²) in [5, 5.41) is 6.08. The number of nitrogens with zero attached hydrogens (tertiary/aromatic N) is 3. The minimum absolute atomic E-state index is 0.126. The monoisotopic (exact) mass is 454 g/mol. The maximum atomic E-state index is 12.6. The number of benzene rings is 2.